The van der Waals surface area contributed by atoms with Gasteiger partial charge in [-0.3, -0.25) is 14.5 Å². The lowest BCUT2D eigenvalue weighted by molar-refractivity contribution is -0.148. The summed E-state index contributed by atoms with van der Waals surface area (Å²) in [7, 11) is 0. The maximum absolute atomic E-state index is 11.7. The van der Waals surface area contributed by atoms with E-state index in [2.05, 4.69) is 10.3 Å². The van der Waals surface area contributed by atoms with Crippen molar-refractivity contribution in [2.45, 2.75) is 32.7 Å². The van der Waals surface area contributed by atoms with Gasteiger partial charge in [0.05, 0.1) is 6.54 Å². The number of likely N-dealkylation sites (tertiary alicyclic amines) is 1. The van der Waals surface area contributed by atoms with Crippen LogP contribution in [-0.4, -0.2) is 28.2 Å². The molecule has 5 nitrogen and oxygen atoms in total. The second kappa shape index (κ2) is 5.62. The van der Waals surface area contributed by atoms with Gasteiger partial charge in [0.2, 0.25) is 11.8 Å². The number of imide groups is 1. The fourth-order valence-corrected chi connectivity index (χ4v) is 2.01. The van der Waals surface area contributed by atoms with E-state index in [9.17, 15) is 9.59 Å². The molecule has 1 aliphatic rings. The van der Waals surface area contributed by atoms with Gasteiger partial charge in [-0.25, -0.2) is 4.98 Å². The Labute approximate surface area is 106 Å². The first-order valence-corrected chi connectivity index (χ1v) is 6.22. The summed E-state index contributed by atoms with van der Waals surface area (Å²) in [6.45, 7) is 3.13. The number of rotatable bonds is 4. The highest BCUT2D eigenvalue weighted by atomic mass is 16.2. The number of carbonyl (C=O) groups is 2. The molecule has 1 aromatic rings. The molecule has 0 unspecified atom stereocenters. The molecule has 1 N–H and O–H groups in total. The van der Waals surface area contributed by atoms with Crippen LogP contribution in [0.15, 0.2) is 18.3 Å². The zero-order valence-corrected chi connectivity index (χ0v) is 10.5. The predicted octanol–water partition coefficient (Wildman–Crippen LogP) is 1.55. The molecule has 5 heteroatoms. The molecule has 0 spiro atoms. The molecule has 1 saturated heterocycles. The topological polar surface area (TPSA) is 62.3 Å². The summed E-state index contributed by atoms with van der Waals surface area (Å²) in [5.41, 5.74) is 0.921. The van der Waals surface area contributed by atoms with Crippen molar-refractivity contribution in [2.24, 2.45) is 0 Å². The van der Waals surface area contributed by atoms with Gasteiger partial charge in [-0.15, -0.1) is 0 Å². The number of piperidine rings is 1. The minimum atomic E-state index is -0.0759. The van der Waals surface area contributed by atoms with E-state index in [4.69, 9.17) is 0 Å². The molecule has 1 aromatic heterocycles. The standard InChI is InChI=1S/C13H17N3O2/c1-2-14-11-8-10(6-7-15-11)9-16-12(17)4-3-5-13(16)18/h6-8H,2-5,9H2,1H3,(H,14,15). The van der Waals surface area contributed by atoms with E-state index >= 15 is 0 Å². The Morgan fingerprint density at radius 1 is 1.33 bits per heavy atom. The Morgan fingerprint density at radius 3 is 2.72 bits per heavy atom. The maximum atomic E-state index is 11.7. The fraction of sp³-hybridized carbons (Fsp3) is 0.462. The Balaban J connectivity index is 2.10. The molecule has 2 amide bonds. The molecule has 2 rings (SSSR count). The van der Waals surface area contributed by atoms with Gasteiger partial charge in [-0.2, -0.15) is 0 Å². The Hall–Kier alpha value is -1.91. The maximum Gasteiger partial charge on any atom is 0.229 e. The highest BCUT2D eigenvalue weighted by molar-refractivity contribution is 5.97. The summed E-state index contributed by atoms with van der Waals surface area (Å²) >= 11 is 0. The molecule has 0 atom stereocenters. The number of aromatic nitrogens is 1. The summed E-state index contributed by atoms with van der Waals surface area (Å²) in [5.74, 6) is 0.619. The van der Waals surface area contributed by atoms with Crippen molar-refractivity contribution in [3.05, 3.63) is 23.9 Å². The normalized spacial score (nSPS) is 15.9. The largest absolute Gasteiger partial charge is 0.370 e. The van der Waals surface area contributed by atoms with Crippen molar-refractivity contribution < 1.29 is 9.59 Å². The molecule has 0 aromatic carbocycles. The van der Waals surface area contributed by atoms with Crippen LogP contribution in [0.25, 0.3) is 0 Å². The molecular weight excluding hydrogens is 230 g/mol. The van der Waals surface area contributed by atoms with Gasteiger partial charge < -0.3 is 5.32 Å². The zero-order valence-electron chi connectivity index (χ0n) is 10.5. The third-order valence-electron chi connectivity index (χ3n) is 2.91. The zero-order chi connectivity index (χ0) is 13.0. The number of nitrogens with one attached hydrogen (secondary N) is 1. The van der Waals surface area contributed by atoms with Crippen molar-refractivity contribution in [1.29, 1.82) is 0 Å². The van der Waals surface area contributed by atoms with E-state index in [0.717, 1.165) is 17.9 Å². The molecule has 1 aliphatic heterocycles. The smallest absolute Gasteiger partial charge is 0.229 e. The average molecular weight is 247 g/mol. The summed E-state index contributed by atoms with van der Waals surface area (Å²) in [6, 6.07) is 3.70. The number of amides is 2. The van der Waals surface area contributed by atoms with Gasteiger partial charge in [0.25, 0.3) is 0 Å². The van der Waals surface area contributed by atoms with Gasteiger partial charge in [0.15, 0.2) is 0 Å². The van der Waals surface area contributed by atoms with Crippen LogP contribution in [0.2, 0.25) is 0 Å². The van der Waals surface area contributed by atoms with Crippen molar-refractivity contribution in [1.82, 2.24) is 9.88 Å². The van der Waals surface area contributed by atoms with E-state index < -0.39 is 0 Å². The third-order valence-corrected chi connectivity index (χ3v) is 2.91. The van der Waals surface area contributed by atoms with Crippen LogP contribution in [-0.2, 0) is 16.1 Å². The molecule has 0 aliphatic carbocycles. The van der Waals surface area contributed by atoms with Crippen LogP contribution in [0.1, 0.15) is 31.7 Å². The lowest BCUT2D eigenvalue weighted by Gasteiger charge is -2.24. The van der Waals surface area contributed by atoms with Gasteiger partial charge in [-0.05, 0) is 31.0 Å². The van der Waals surface area contributed by atoms with E-state index in [1.54, 1.807) is 6.20 Å². The number of anilines is 1. The molecule has 0 radical (unpaired) electrons. The molecular formula is C13H17N3O2. The van der Waals surface area contributed by atoms with Gasteiger partial charge >= 0.3 is 0 Å². The predicted molar refractivity (Wildman–Crippen MR) is 67.8 cm³/mol. The van der Waals surface area contributed by atoms with Crippen molar-refractivity contribution in [3.63, 3.8) is 0 Å². The van der Waals surface area contributed by atoms with Crippen LogP contribution >= 0.6 is 0 Å². The summed E-state index contributed by atoms with van der Waals surface area (Å²) in [4.78, 5) is 28.9. The van der Waals surface area contributed by atoms with Gasteiger partial charge in [-0.1, -0.05) is 0 Å². The summed E-state index contributed by atoms with van der Waals surface area (Å²) in [6.07, 6.45) is 3.30. The lowest BCUT2D eigenvalue weighted by atomic mass is 10.1. The van der Waals surface area contributed by atoms with E-state index in [1.807, 2.05) is 19.1 Å². The third kappa shape index (κ3) is 2.85. The van der Waals surface area contributed by atoms with Crippen LogP contribution in [0.5, 0.6) is 0 Å². The quantitative estimate of drug-likeness (QED) is 0.820. The van der Waals surface area contributed by atoms with E-state index in [0.29, 0.717) is 25.8 Å². The van der Waals surface area contributed by atoms with Crippen molar-refractivity contribution >= 4 is 17.6 Å². The van der Waals surface area contributed by atoms with Crippen LogP contribution in [0.4, 0.5) is 5.82 Å². The minimum Gasteiger partial charge on any atom is -0.370 e. The summed E-state index contributed by atoms with van der Waals surface area (Å²) in [5, 5.41) is 3.11. The lowest BCUT2D eigenvalue weighted by Crippen LogP contribution is -2.39. The summed E-state index contributed by atoms with van der Waals surface area (Å²) < 4.78 is 0. The molecule has 18 heavy (non-hydrogen) atoms. The van der Waals surface area contributed by atoms with Crippen LogP contribution < -0.4 is 5.32 Å². The molecule has 96 valence electrons. The number of hydrogen-bond acceptors (Lipinski definition) is 4. The number of pyridine rings is 1. The van der Waals surface area contributed by atoms with Crippen LogP contribution in [0.3, 0.4) is 0 Å². The second-order valence-electron chi connectivity index (χ2n) is 4.31. The average Bonchev–Trinajstić information content (AvgIpc) is 2.35. The highest BCUT2D eigenvalue weighted by Crippen LogP contribution is 2.16. The molecule has 0 saturated carbocycles. The van der Waals surface area contributed by atoms with Crippen molar-refractivity contribution in [3.8, 4) is 0 Å². The molecule has 2 heterocycles. The number of carbonyl (C=O) groups excluding carboxylic acids is 2. The number of hydrogen-bond donors (Lipinski definition) is 1. The van der Waals surface area contributed by atoms with Crippen LogP contribution in [0, 0.1) is 0 Å². The first-order valence-electron chi connectivity index (χ1n) is 6.22. The second-order valence-corrected chi connectivity index (χ2v) is 4.31. The van der Waals surface area contributed by atoms with Gasteiger partial charge in [0.1, 0.15) is 5.82 Å². The fourth-order valence-electron chi connectivity index (χ4n) is 2.01. The van der Waals surface area contributed by atoms with Crippen molar-refractivity contribution in [2.75, 3.05) is 11.9 Å². The monoisotopic (exact) mass is 247 g/mol. The Bertz CT molecular complexity index is 443. The molecule has 0 bridgehead atoms. The van der Waals surface area contributed by atoms with Gasteiger partial charge in [0, 0.05) is 25.6 Å². The SMILES string of the molecule is CCNc1cc(CN2C(=O)CCCC2=O)ccn1. The first kappa shape index (κ1) is 12.5. The Kier molecular flexibility index (Phi) is 3.92. The first-order chi connectivity index (χ1) is 8.70. The van der Waals surface area contributed by atoms with E-state index in [1.165, 1.54) is 4.90 Å². The highest BCUT2D eigenvalue weighted by Gasteiger charge is 2.25. The minimum absolute atomic E-state index is 0.0759. The number of nitrogens with zero attached hydrogens (tertiary/aromatic N) is 2. The van der Waals surface area contributed by atoms with E-state index in [-0.39, 0.29) is 11.8 Å². The molecule has 1 fully saturated rings. The Morgan fingerprint density at radius 2 is 2.06 bits per heavy atom.